The summed E-state index contributed by atoms with van der Waals surface area (Å²) in [4.78, 5) is 35.7. The number of benzene rings is 2. The Bertz CT molecular complexity index is 1050. The van der Waals surface area contributed by atoms with Crippen LogP contribution >= 0.6 is 0 Å². The highest BCUT2D eigenvalue weighted by Gasteiger charge is 2.15. The number of anilines is 1. The number of aromatic nitrogens is 2. The van der Waals surface area contributed by atoms with Crippen LogP contribution in [0.2, 0.25) is 0 Å². The van der Waals surface area contributed by atoms with E-state index in [1.54, 1.807) is 30.3 Å². The van der Waals surface area contributed by atoms with Gasteiger partial charge in [-0.2, -0.15) is 4.68 Å². The second kappa shape index (κ2) is 8.34. The van der Waals surface area contributed by atoms with Gasteiger partial charge in [-0.05, 0) is 37.6 Å². The zero-order chi connectivity index (χ0) is 20.1. The van der Waals surface area contributed by atoms with Crippen molar-refractivity contribution in [2.75, 3.05) is 11.9 Å². The molecule has 2 aromatic carbocycles. The van der Waals surface area contributed by atoms with E-state index in [-0.39, 0.29) is 5.89 Å². The number of nitrogens with zero attached hydrogens (tertiary/aromatic N) is 2. The zero-order valence-corrected chi connectivity index (χ0v) is 15.5. The van der Waals surface area contributed by atoms with Crippen molar-refractivity contribution in [3.63, 3.8) is 0 Å². The van der Waals surface area contributed by atoms with Crippen molar-refractivity contribution in [3.05, 3.63) is 70.2 Å². The van der Waals surface area contributed by atoms with Crippen LogP contribution in [0.1, 0.15) is 11.1 Å². The van der Waals surface area contributed by atoms with Gasteiger partial charge in [0.2, 0.25) is 5.89 Å². The Morgan fingerprint density at radius 1 is 1.14 bits per heavy atom. The maximum atomic E-state index is 12.0. The number of ether oxygens (including phenoxy) is 1. The predicted molar refractivity (Wildman–Crippen MR) is 102 cm³/mol. The van der Waals surface area contributed by atoms with Gasteiger partial charge in [-0.3, -0.25) is 9.59 Å². The molecule has 0 saturated heterocycles. The maximum Gasteiger partial charge on any atom is 0.437 e. The second-order valence-electron chi connectivity index (χ2n) is 6.22. The molecule has 1 heterocycles. The summed E-state index contributed by atoms with van der Waals surface area (Å²) in [7, 11) is 0. The fraction of sp³-hybridized carbons (Fsp3) is 0.200. The molecule has 0 aliphatic rings. The zero-order valence-electron chi connectivity index (χ0n) is 15.5. The molecule has 0 saturated carbocycles. The molecule has 0 radical (unpaired) electrons. The summed E-state index contributed by atoms with van der Waals surface area (Å²) < 4.78 is 10.8. The largest absolute Gasteiger partial charge is 0.454 e. The molecule has 144 valence electrons. The molecule has 3 aromatic rings. The van der Waals surface area contributed by atoms with Crippen molar-refractivity contribution in [1.82, 2.24) is 9.78 Å². The Kier molecular flexibility index (Phi) is 5.69. The molecule has 0 fully saturated rings. The highest BCUT2D eigenvalue weighted by molar-refractivity contribution is 5.93. The summed E-state index contributed by atoms with van der Waals surface area (Å²) in [6.45, 7) is 2.90. The number of carbonyl (C=O) groups excluding carboxylic acids is 2. The summed E-state index contributed by atoms with van der Waals surface area (Å²) in [5.74, 6) is -1.93. The number of aryl methyl sites for hydroxylation is 2. The lowest BCUT2D eigenvalue weighted by atomic mass is 10.1. The number of carbonyl (C=O) groups is 2. The molecular formula is C20H19N3O5. The van der Waals surface area contributed by atoms with Crippen LogP contribution in [0.4, 0.5) is 5.69 Å². The lowest BCUT2D eigenvalue weighted by Gasteiger charge is -2.09. The van der Waals surface area contributed by atoms with Crippen LogP contribution in [0, 0.1) is 13.8 Å². The van der Waals surface area contributed by atoms with Crippen molar-refractivity contribution >= 4 is 17.6 Å². The van der Waals surface area contributed by atoms with E-state index in [9.17, 15) is 14.4 Å². The topological polar surface area (TPSA) is 103 Å². The van der Waals surface area contributed by atoms with Crippen LogP contribution in [0.5, 0.6) is 0 Å². The molecule has 0 aliphatic carbocycles. The number of amides is 1. The lowest BCUT2D eigenvalue weighted by molar-refractivity contribution is -0.148. The number of nitrogens with one attached hydrogen (secondary N) is 1. The molecule has 1 aromatic heterocycles. The third-order valence-electron chi connectivity index (χ3n) is 3.93. The molecule has 1 N–H and O–H groups in total. The predicted octanol–water partition coefficient (Wildman–Crippen LogP) is 2.30. The molecule has 8 nitrogen and oxygen atoms in total. The molecule has 8 heteroatoms. The van der Waals surface area contributed by atoms with Crippen LogP contribution in [0.25, 0.3) is 11.5 Å². The standard InChI is InChI=1S/C20H19N3O5/c1-13-8-9-16(14(2)10-13)21-17(24)12-27-18(25)11-23-20(26)28-19(22-23)15-6-4-3-5-7-15/h3-10H,11-12H2,1-2H3,(H,21,24). The minimum Gasteiger partial charge on any atom is -0.454 e. The Hall–Kier alpha value is -3.68. The third-order valence-corrected chi connectivity index (χ3v) is 3.93. The Labute approximate surface area is 160 Å². The smallest absolute Gasteiger partial charge is 0.437 e. The van der Waals surface area contributed by atoms with Crippen LogP contribution in [0.15, 0.2) is 57.7 Å². The average Bonchev–Trinajstić information content (AvgIpc) is 3.03. The summed E-state index contributed by atoms with van der Waals surface area (Å²) in [6.07, 6.45) is 0. The first-order chi connectivity index (χ1) is 13.4. The molecule has 0 bridgehead atoms. The van der Waals surface area contributed by atoms with E-state index in [1.807, 2.05) is 32.0 Å². The Morgan fingerprint density at radius 3 is 2.61 bits per heavy atom. The maximum absolute atomic E-state index is 12.0. The van der Waals surface area contributed by atoms with Gasteiger partial charge in [-0.1, -0.05) is 35.9 Å². The van der Waals surface area contributed by atoms with Gasteiger partial charge in [0.25, 0.3) is 5.91 Å². The lowest BCUT2D eigenvalue weighted by Crippen LogP contribution is -2.26. The van der Waals surface area contributed by atoms with Gasteiger partial charge in [-0.25, -0.2) is 4.79 Å². The molecule has 1 amide bonds. The minimum absolute atomic E-state index is 0.103. The highest BCUT2D eigenvalue weighted by Crippen LogP contribution is 2.16. The minimum atomic E-state index is -0.782. The van der Waals surface area contributed by atoms with Gasteiger partial charge >= 0.3 is 11.7 Å². The average molecular weight is 381 g/mol. The van der Waals surface area contributed by atoms with Crippen LogP contribution in [0.3, 0.4) is 0 Å². The number of hydrogen-bond donors (Lipinski definition) is 1. The number of rotatable bonds is 6. The highest BCUT2D eigenvalue weighted by atomic mass is 16.5. The quantitative estimate of drug-likeness (QED) is 0.657. The van der Waals surface area contributed by atoms with Gasteiger partial charge in [-0.15, -0.1) is 5.10 Å². The fourth-order valence-electron chi connectivity index (χ4n) is 2.56. The number of esters is 1. The van der Waals surface area contributed by atoms with E-state index >= 15 is 0 Å². The van der Waals surface area contributed by atoms with E-state index in [4.69, 9.17) is 9.15 Å². The molecule has 0 spiro atoms. The van der Waals surface area contributed by atoms with Gasteiger partial charge in [0, 0.05) is 11.3 Å². The normalized spacial score (nSPS) is 10.5. The van der Waals surface area contributed by atoms with Crippen molar-refractivity contribution < 1.29 is 18.7 Å². The van der Waals surface area contributed by atoms with Crippen LogP contribution in [-0.2, 0) is 20.9 Å². The molecule has 0 unspecified atom stereocenters. The Balaban J connectivity index is 1.55. The number of hydrogen-bond acceptors (Lipinski definition) is 6. The fourth-order valence-corrected chi connectivity index (χ4v) is 2.56. The van der Waals surface area contributed by atoms with E-state index in [1.165, 1.54) is 0 Å². The summed E-state index contributed by atoms with van der Waals surface area (Å²) in [6, 6.07) is 14.4. The van der Waals surface area contributed by atoms with Crippen molar-refractivity contribution in [2.24, 2.45) is 0 Å². The van der Waals surface area contributed by atoms with Crippen molar-refractivity contribution in [3.8, 4) is 11.5 Å². The first-order valence-corrected chi connectivity index (χ1v) is 8.58. The SMILES string of the molecule is Cc1ccc(NC(=O)COC(=O)Cn2nc(-c3ccccc3)oc2=O)c(C)c1. The first kappa shape index (κ1) is 19.1. The van der Waals surface area contributed by atoms with Crippen LogP contribution in [-0.4, -0.2) is 28.3 Å². The van der Waals surface area contributed by atoms with Gasteiger partial charge < -0.3 is 14.5 Å². The third kappa shape index (κ3) is 4.73. The molecule has 0 atom stereocenters. The van der Waals surface area contributed by atoms with Gasteiger partial charge in [0.05, 0.1) is 0 Å². The molecule has 0 aliphatic heterocycles. The van der Waals surface area contributed by atoms with E-state index in [2.05, 4.69) is 10.4 Å². The van der Waals surface area contributed by atoms with E-state index < -0.39 is 30.8 Å². The summed E-state index contributed by atoms with van der Waals surface area (Å²) >= 11 is 0. The van der Waals surface area contributed by atoms with Crippen LogP contribution < -0.4 is 11.1 Å². The monoisotopic (exact) mass is 381 g/mol. The summed E-state index contributed by atoms with van der Waals surface area (Å²) in [5.41, 5.74) is 3.24. The first-order valence-electron chi connectivity index (χ1n) is 8.58. The van der Waals surface area contributed by atoms with Crippen molar-refractivity contribution in [1.29, 1.82) is 0 Å². The molecule has 28 heavy (non-hydrogen) atoms. The molecular weight excluding hydrogens is 362 g/mol. The Morgan fingerprint density at radius 2 is 1.89 bits per heavy atom. The van der Waals surface area contributed by atoms with Gasteiger partial charge in [0.15, 0.2) is 6.61 Å². The van der Waals surface area contributed by atoms with Crippen molar-refractivity contribution in [2.45, 2.75) is 20.4 Å². The summed E-state index contributed by atoms with van der Waals surface area (Å²) in [5, 5.41) is 6.65. The van der Waals surface area contributed by atoms with E-state index in [0.29, 0.717) is 11.3 Å². The van der Waals surface area contributed by atoms with Gasteiger partial charge in [0.1, 0.15) is 6.54 Å². The van der Waals surface area contributed by atoms with E-state index in [0.717, 1.165) is 15.8 Å². The second-order valence-corrected chi connectivity index (χ2v) is 6.22. The molecule has 3 rings (SSSR count).